The van der Waals surface area contributed by atoms with E-state index in [4.69, 9.17) is 15.2 Å². The molecule has 0 bridgehead atoms. The second-order valence-electron chi connectivity index (χ2n) is 5.07. The lowest BCUT2D eigenvalue weighted by Crippen LogP contribution is -2.33. The first-order valence-electron chi connectivity index (χ1n) is 6.08. The fourth-order valence-electron chi connectivity index (χ4n) is 1.40. The smallest absolute Gasteiger partial charge is 0.407 e. The molecule has 1 aromatic rings. The van der Waals surface area contributed by atoms with Gasteiger partial charge in [-0.2, -0.15) is 0 Å². The molecule has 0 unspecified atom stereocenters. The summed E-state index contributed by atoms with van der Waals surface area (Å²) in [6, 6.07) is 3.43. The van der Waals surface area contributed by atoms with Crippen LogP contribution in [0.2, 0.25) is 0 Å². The van der Waals surface area contributed by atoms with Crippen molar-refractivity contribution in [2.24, 2.45) is 0 Å². The monoisotopic (exact) mass is 267 g/mol. The van der Waals surface area contributed by atoms with Crippen LogP contribution >= 0.6 is 0 Å². The molecule has 0 spiro atoms. The number of amides is 1. The number of nitrogens with one attached hydrogen (secondary N) is 1. The summed E-state index contributed by atoms with van der Waals surface area (Å²) in [6.07, 6.45) is 0.0661. The van der Waals surface area contributed by atoms with Crippen LogP contribution in [0.25, 0.3) is 0 Å². The quantitative estimate of drug-likeness (QED) is 0.867. The molecule has 0 saturated heterocycles. The number of carbonyl (C=O) groups excluding carboxylic acids is 1. The van der Waals surface area contributed by atoms with Gasteiger partial charge in [0.15, 0.2) is 0 Å². The van der Waals surface area contributed by atoms with Gasteiger partial charge in [-0.05, 0) is 26.8 Å². The third-order valence-corrected chi connectivity index (χ3v) is 2.22. The average molecular weight is 267 g/mol. The summed E-state index contributed by atoms with van der Waals surface area (Å²) in [4.78, 5) is 15.7. The zero-order valence-corrected chi connectivity index (χ0v) is 11.8. The number of nitrogen functional groups attached to an aromatic ring is 1. The molecule has 0 radical (unpaired) electrons. The second-order valence-corrected chi connectivity index (χ2v) is 5.07. The van der Waals surface area contributed by atoms with Crippen LogP contribution in [0.4, 0.5) is 10.5 Å². The van der Waals surface area contributed by atoms with Gasteiger partial charge in [-0.25, -0.2) is 9.78 Å². The largest absolute Gasteiger partial charge is 0.481 e. The van der Waals surface area contributed by atoms with E-state index in [9.17, 15) is 4.79 Å². The van der Waals surface area contributed by atoms with E-state index in [2.05, 4.69) is 10.3 Å². The van der Waals surface area contributed by atoms with Gasteiger partial charge in [0.05, 0.1) is 18.5 Å². The van der Waals surface area contributed by atoms with Gasteiger partial charge in [0.1, 0.15) is 5.60 Å². The first kappa shape index (κ1) is 15.1. The number of rotatable bonds is 4. The van der Waals surface area contributed by atoms with E-state index in [0.717, 1.165) is 0 Å². The predicted octanol–water partition coefficient (Wildman–Crippen LogP) is 1.74. The zero-order chi connectivity index (χ0) is 14.5. The third-order valence-electron chi connectivity index (χ3n) is 2.22. The topological polar surface area (TPSA) is 86.5 Å². The van der Waals surface area contributed by atoms with Crippen LogP contribution in [0.5, 0.6) is 5.88 Å². The molecule has 0 aliphatic rings. The number of aromatic nitrogens is 1. The van der Waals surface area contributed by atoms with Crippen molar-refractivity contribution in [3.63, 3.8) is 0 Å². The minimum atomic E-state index is -0.503. The Morgan fingerprint density at radius 1 is 1.42 bits per heavy atom. The molecule has 1 amide bonds. The minimum absolute atomic E-state index is 0.402. The molecule has 19 heavy (non-hydrogen) atoms. The van der Waals surface area contributed by atoms with Crippen LogP contribution in [0.3, 0.4) is 0 Å². The van der Waals surface area contributed by atoms with Crippen molar-refractivity contribution in [3.05, 3.63) is 17.8 Å². The van der Waals surface area contributed by atoms with E-state index in [-0.39, 0.29) is 0 Å². The Labute approximate surface area is 113 Å². The number of alkyl carbamates (subject to hydrolysis) is 1. The van der Waals surface area contributed by atoms with Crippen molar-refractivity contribution >= 4 is 11.8 Å². The van der Waals surface area contributed by atoms with Gasteiger partial charge < -0.3 is 20.5 Å². The molecule has 6 nitrogen and oxygen atoms in total. The molecule has 0 aromatic carbocycles. The number of methoxy groups -OCH3 is 1. The highest BCUT2D eigenvalue weighted by molar-refractivity contribution is 5.67. The van der Waals surface area contributed by atoms with Crippen LogP contribution in [-0.4, -0.2) is 30.3 Å². The maximum Gasteiger partial charge on any atom is 0.407 e. The summed E-state index contributed by atoms with van der Waals surface area (Å²) >= 11 is 0. The molecule has 1 heterocycles. The summed E-state index contributed by atoms with van der Waals surface area (Å²) < 4.78 is 10.1. The Balaban J connectivity index is 2.47. The molecule has 0 atom stereocenters. The number of nitrogens with zero attached hydrogens (tertiary/aromatic N) is 1. The number of nitrogens with two attached hydrogens (primary N) is 1. The first-order valence-corrected chi connectivity index (χ1v) is 6.08. The summed E-state index contributed by atoms with van der Waals surface area (Å²) in [5.41, 5.74) is 6.56. The Kier molecular flexibility index (Phi) is 4.97. The van der Waals surface area contributed by atoms with E-state index in [1.807, 2.05) is 20.8 Å². The van der Waals surface area contributed by atoms with Crippen molar-refractivity contribution in [1.82, 2.24) is 10.3 Å². The van der Waals surface area contributed by atoms with Crippen molar-refractivity contribution in [2.45, 2.75) is 32.8 Å². The molecule has 0 aliphatic heterocycles. The SMILES string of the molecule is COc1ccc(N)c(CCNC(=O)OC(C)(C)C)n1. The Bertz CT molecular complexity index is 441. The van der Waals surface area contributed by atoms with Crippen LogP contribution in [0.1, 0.15) is 26.5 Å². The number of carbonyl (C=O) groups is 1. The maximum atomic E-state index is 11.4. The normalized spacial score (nSPS) is 10.9. The molecular weight excluding hydrogens is 246 g/mol. The Morgan fingerprint density at radius 2 is 2.11 bits per heavy atom. The van der Waals surface area contributed by atoms with Crippen LogP contribution in [0.15, 0.2) is 12.1 Å². The highest BCUT2D eigenvalue weighted by Gasteiger charge is 2.15. The Morgan fingerprint density at radius 3 is 2.68 bits per heavy atom. The minimum Gasteiger partial charge on any atom is -0.481 e. The lowest BCUT2D eigenvalue weighted by atomic mass is 10.2. The van der Waals surface area contributed by atoms with Gasteiger partial charge in [-0.3, -0.25) is 0 Å². The maximum absolute atomic E-state index is 11.4. The molecule has 3 N–H and O–H groups in total. The van der Waals surface area contributed by atoms with Gasteiger partial charge in [0.25, 0.3) is 0 Å². The first-order chi connectivity index (χ1) is 8.81. The molecule has 106 valence electrons. The fraction of sp³-hybridized carbons (Fsp3) is 0.538. The molecule has 1 rings (SSSR count). The molecule has 6 heteroatoms. The van der Waals surface area contributed by atoms with Crippen LogP contribution < -0.4 is 15.8 Å². The van der Waals surface area contributed by atoms with Gasteiger partial charge in [0.2, 0.25) is 5.88 Å². The number of hydrogen-bond acceptors (Lipinski definition) is 5. The van der Waals surface area contributed by atoms with Crippen molar-refractivity contribution in [2.75, 3.05) is 19.4 Å². The van der Waals surface area contributed by atoms with Gasteiger partial charge >= 0.3 is 6.09 Å². The number of hydrogen-bond donors (Lipinski definition) is 2. The van der Waals surface area contributed by atoms with E-state index >= 15 is 0 Å². The van der Waals surface area contributed by atoms with Crippen molar-refractivity contribution in [3.8, 4) is 5.88 Å². The molecule has 0 fully saturated rings. The van der Waals surface area contributed by atoms with E-state index in [1.54, 1.807) is 19.2 Å². The lowest BCUT2D eigenvalue weighted by molar-refractivity contribution is 0.0528. The molecular formula is C13H21N3O3. The molecule has 1 aromatic heterocycles. The van der Waals surface area contributed by atoms with Gasteiger partial charge in [0, 0.05) is 19.0 Å². The van der Waals surface area contributed by atoms with Crippen molar-refractivity contribution < 1.29 is 14.3 Å². The van der Waals surface area contributed by atoms with Gasteiger partial charge in [-0.15, -0.1) is 0 Å². The Hall–Kier alpha value is -1.98. The highest BCUT2D eigenvalue weighted by Crippen LogP contribution is 2.14. The average Bonchev–Trinajstić information content (AvgIpc) is 2.29. The third kappa shape index (κ3) is 5.46. The van der Waals surface area contributed by atoms with Gasteiger partial charge in [-0.1, -0.05) is 0 Å². The van der Waals surface area contributed by atoms with Crippen molar-refractivity contribution in [1.29, 1.82) is 0 Å². The van der Waals surface area contributed by atoms with Crippen LogP contribution in [0, 0.1) is 0 Å². The fourth-order valence-corrected chi connectivity index (χ4v) is 1.40. The second kappa shape index (κ2) is 6.26. The summed E-state index contributed by atoms with van der Waals surface area (Å²) in [5, 5.41) is 2.65. The summed E-state index contributed by atoms with van der Waals surface area (Å²) in [7, 11) is 1.54. The van der Waals surface area contributed by atoms with E-state index in [1.165, 1.54) is 0 Å². The predicted molar refractivity (Wildman–Crippen MR) is 73.1 cm³/mol. The number of ether oxygens (including phenoxy) is 2. The zero-order valence-electron chi connectivity index (χ0n) is 11.8. The lowest BCUT2D eigenvalue weighted by Gasteiger charge is -2.19. The number of pyridine rings is 1. The van der Waals surface area contributed by atoms with Crippen LogP contribution in [-0.2, 0) is 11.2 Å². The summed E-state index contributed by atoms with van der Waals surface area (Å²) in [5.74, 6) is 0.501. The van der Waals surface area contributed by atoms with E-state index < -0.39 is 11.7 Å². The van der Waals surface area contributed by atoms with E-state index in [0.29, 0.717) is 30.2 Å². The molecule has 0 aliphatic carbocycles. The summed E-state index contributed by atoms with van der Waals surface area (Å²) in [6.45, 7) is 5.84. The molecule has 0 saturated carbocycles. The standard InChI is InChI=1S/C13H21N3O3/c1-13(2,3)19-12(17)15-8-7-10-9(14)5-6-11(16-10)18-4/h5-6H,7-8,14H2,1-4H3,(H,15,17). The highest BCUT2D eigenvalue weighted by atomic mass is 16.6. The number of anilines is 1.